The van der Waals surface area contributed by atoms with Gasteiger partial charge < -0.3 is 9.14 Å². The lowest BCUT2D eigenvalue weighted by molar-refractivity contribution is 0.316. The fourth-order valence-electron chi connectivity index (χ4n) is 1.79. The van der Waals surface area contributed by atoms with Crippen molar-refractivity contribution in [2.45, 2.75) is 6.42 Å². The van der Waals surface area contributed by atoms with Gasteiger partial charge in [0.15, 0.2) is 0 Å². The quantitative estimate of drug-likeness (QED) is 0.572. The Labute approximate surface area is 70.4 Å². The molecule has 3 heterocycles. The summed E-state index contributed by atoms with van der Waals surface area (Å²) in [6, 6.07) is 6.21. The van der Waals surface area contributed by atoms with Gasteiger partial charge in [0, 0.05) is 18.8 Å². The van der Waals surface area contributed by atoms with Crippen molar-refractivity contribution < 1.29 is 4.74 Å². The molecule has 0 spiro atoms. The molecule has 3 rings (SSSR count). The van der Waals surface area contributed by atoms with Gasteiger partial charge in [0.1, 0.15) is 5.75 Å². The number of hydrogen-bond acceptors (Lipinski definition) is 1. The average molecular weight is 159 g/mol. The predicted octanol–water partition coefficient (Wildman–Crippen LogP) is 1.87. The van der Waals surface area contributed by atoms with Crippen LogP contribution < -0.4 is 4.74 Å². The van der Waals surface area contributed by atoms with Crippen LogP contribution in [-0.2, 0) is 6.42 Å². The Morgan fingerprint density at radius 3 is 3.25 bits per heavy atom. The first-order valence-electron chi connectivity index (χ1n) is 4.16. The van der Waals surface area contributed by atoms with Crippen molar-refractivity contribution in [3.8, 4) is 5.75 Å². The first kappa shape index (κ1) is 6.12. The molecule has 1 aliphatic heterocycles. The lowest BCUT2D eigenvalue weighted by Gasteiger charge is -2.14. The summed E-state index contributed by atoms with van der Waals surface area (Å²) in [4.78, 5) is 0. The van der Waals surface area contributed by atoms with Crippen LogP contribution >= 0.6 is 0 Å². The minimum absolute atomic E-state index is 0.816. The van der Waals surface area contributed by atoms with Gasteiger partial charge in [0.2, 0.25) is 0 Å². The third kappa shape index (κ3) is 0.644. The standard InChI is InChI=1S/C10H9NO/c1-2-9-10-8(4-7-12-9)3-6-11(10)5-1/h1-3,5-6H,4,7H2. The van der Waals surface area contributed by atoms with Crippen molar-refractivity contribution >= 4 is 5.52 Å². The number of ether oxygens (including phenoxy) is 1. The summed E-state index contributed by atoms with van der Waals surface area (Å²) < 4.78 is 7.65. The monoisotopic (exact) mass is 159 g/mol. The van der Waals surface area contributed by atoms with E-state index in [2.05, 4.69) is 22.9 Å². The lowest BCUT2D eigenvalue weighted by Crippen LogP contribution is -2.07. The van der Waals surface area contributed by atoms with Gasteiger partial charge in [-0.2, -0.15) is 0 Å². The van der Waals surface area contributed by atoms with Crippen LogP contribution in [0.5, 0.6) is 5.75 Å². The van der Waals surface area contributed by atoms with Crippen molar-refractivity contribution in [3.63, 3.8) is 0 Å². The molecule has 0 saturated heterocycles. The van der Waals surface area contributed by atoms with Crippen molar-refractivity contribution in [3.05, 3.63) is 36.2 Å². The van der Waals surface area contributed by atoms with Gasteiger partial charge in [0.05, 0.1) is 12.1 Å². The molecule has 0 fully saturated rings. The molecule has 1 aliphatic rings. The van der Waals surface area contributed by atoms with Crippen LogP contribution in [0.4, 0.5) is 0 Å². The number of rotatable bonds is 0. The molecule has 2 aromatic rings. The summed E-state index contributed by atoms with van der Waals surface area (Å²) in [7, 11) is 0. The van der Waals surface area contributed by atoms with E-state index in [1.165, 1.54) is 11.1 Å². The predicted molar refractivity (Wildman–Crippen MR) is 46.6 cm³/mol. The average Bonchev–Trinajstić information content (AvgIpc) is 2.52. The summed E-state index contributed by atoms with van der Waals surface area (Å²) in [6.45, 7) is 0.816. The maximum atomic E-state index is 5.53. The highest BCUT2D eigenvalue weighted by Crippen LogP contribution is 2.28. The van der Waals surface area contributed by atoms with Gasteiger partial charge in [-0.25, -0.2) is 0 Å². The van der Waals surface area contributed by atoms with Crippen LogP contribution in [0.1, 0.15) is 5.56 Å². The summed E-state index contributed by atoms with van der Waals surface area (Å²) in [5.74, 6) is 1.02. The largest absolute Gasteiger partial charge is 0.491 e. The van der Waals surface area contributed by atoms with E-state index in [0.29, 0.717) is 0 Å². The zero-order valence-electron chi connectivity index (χ0n) is 6.66. The summed E-state index contributed by atoms with van der Waals surface area (Å²) in [5, 5.41) is 0. The van der Waals surface area contributed by atoms with E-state index in [-0.39, 0.29) is 0 Å². The van der Waals surface area contributed by atoms with Gasteiger partial charge in [-0.1, -0.05) is 0 Å². The molecule has 0 bridgehead atoms. The SMILES string of the molecule is c1cc2c3c(ccn3c1)CCO2. The number of pyridine rings is 1. The Hall–Kier alpha value is -1.44. The van der Waals surface area contributed by atoms with Gasteiger partial charge in [-0.05, 0) is 23.8 Å². The minimum atomic E-state index is 0.816. The van der Waals surface area contributed by atoms with E-state index in [1.807, 2.05) is 12.1 Å². The Morgan fingerprint density at radius 1 is 1.25 bits per heavy atom. The lowest BCUT2D eigenvalue weighted by atomic mass is 10.1. The van der Waals surface area contributed by atoms with Gasteiger partial charge >= 0.3 is 0 Å². The molecule has 0 unspecified atom stereocenters. The Balaban J connectivity index is 2.50. The van der Waals surface area contributed by atoms with E-state index < -0.39 is 0 Å². The molecular formula is C10H9NO. The number of hydrogen-bond donors (Lipinski definition) is 0. The third-order valence-corrected chi connectivity index (χ3v) is 2.36. The normalized spacial score (nSPS) is 14.7. The van der Waals surface area contributed by atoms with Crippen LogP contribution in [0.2, 0.25) is 0 Å². The van der Waals surface area contributed by atoms with Crippen LogP contribution in [0.15, 0.2) is 30.6 Å². The van der Waals surface area contributed by atoms with Gasteiger partial charge in [0.25, 0.3) is 0 Å². The van der Waals surface area contributed by atoms with E-state index in [1.54, 1.807) is 0 Å². The van der Waals surface area contributed by atoms with Crippen LogP contribution in [-0.4, -0.2) is 11.0 Å². The molecule has 0 saturated carbocycles. The zero-order chi connectivity index (χ0) is 7.97. The molecule has 60 valence electrons. The maximum Gasteiger partial charge on any atom is 0.143 e. The number of aromatic nitrogens is 1. The molecule has 0 radical (unpaired) electrons. The van der Waals surface area contributed by atoms with Crippen molar-refractivity contribution in [1.29, 1.82) is 0 Å². The molecule has 0 amide bonds. The molecule has 0 aliphatic carbocycles. The Kier molecular flexibility index (Phi) is 1.04. The van der Waals surface area contributed by atoms with Crippen LogP contribution in [0.25, 0.3) is 5.52 Å². The van der Waals surface area contributed by atoms with Gasteiger partial charge in [-0.3, -0.25) is 0 Å². The first-order valence-corrected chi connectivity index (χ1v) is 4.16. The summed E-state index contributed by atoms with van der Waals surface area (Å²) in [5.41, 5.74) is 2.64. The molecule has 0 aromatic carbocycles. The molecule has 2 nitrogen and oxygen atoms in total. The molecular weight excluding hydrogens is 150 g/mol. The first-order chi connectivity index (χ1) is 5.95. The van der Waals surface area contributed by atoms with Crippen molar-refractivity contribution in [1.82, 2.24) is 4.40 Å². The molecule has 2 heteroatoms. The minimum Gasteiger partial charge on any atom is -0.491 e. The van der Waals surface area contributed by atoms with Gasteiger partial charge in [-0.15, -0.1) is 0 Å². The van der Waals surface area contributed by atoms with E-state index in [4.69, 9.17) is 4.74 Å². The summed E-state index contributed by atoms with van der Waals surface area (Å²) >= 11 is 0. The topological polar surface area (TPSA) is 13.6 Å². The smallest absolute Gasteiger partial charge is 0.143 e. The summed E-state index contributed by atoms with van der Waals surface area (Å²) in [6.07, 6.45) is 5.17. The molecule has 12 heavy (non-hydrogen) atoms. The van der Waals surface area contributed by atoms with E-state index in [9.17, 15) is 0 Å². The maximum absolute atomic E-state index is 5.53. The molecule has 0 N–H and O–H groups in total. The number of nitrogens with zero attached hydrogens (tertiary/aromatic N) is 1. The second kappa shape index (κ2) is 2.03. The fourth-order valence-corrected chi connectivity index (χ4v) is 1.79. The zero-order valence-corrected chi connectivity index (χ0v) is 6.66. The van der Waals surface area contributed by atoms with Crippen molar-refractivity contribution in [2.24, 2.45) is 0 Å². The highest BCUT2D eigenvalue weighted by molar-refractivity contribution is 5.67. The van der Waals surface area contributed by atoms with Crippen LogP contribution in [0.3, 0.4) is 0 Å². The third-order valence-electron chi connectivity index (χ3n) is 2.36. The molecule has 2 aromatic heterocycles. The Bertz CT molecular complexity index is 430. The molecule has 0 atom stereocenters. The second-order valence-electron chi connectivity index (χ2n) is 3.07. The highest BCUT2D eigenvalue weighted by atomic mass is 16.5. The van der Waals surface area contributed by atoms with E-state index in [0.717, 1.165) is 18.8 Å². The van der Waals surface area contributed by atoms with E-state index >= 15 is 0 Å². The fraction of sp³-hybridized carbons (Fsp3) is 0.200. The Morgan fingerprint density at radius 2 is 2.25 bits per heavy atom. The van der Waals surface area contributed by atoms with Crippen molar-refractivity contribution in [2.75, 3.05) is 6.61 Å². The van der Waals surface area contributed by atoms with Crippen LogP contribution in [0, 0.1) is 0 Å². The second-order valence-corrected chi connectivity index (χ2v) is 3.07. The highest BCUT2D eigenvalue weighted by Gasteiger charge is 2.12.